The Morgan fingerprint density at radius 3 is 3.00 bits per heavy atom. The van der Waals surface area contributed by atoms with Crippen LogP contribution in [0.4, 0.5) is 4.39 Å². The van der Waals surface area contributed by atoms with Gasteiger partial charge < -0.3 is 10.1 Å². The monoisotopic (exact) mass is 308 g/mol. The molecule has 0 saturated heterocycles. The number of benzene rings is 1. The van der Waals surface area contributed by atoms with E-state index in [4.69, 9.17) is 16.3 Å². The van der Waals surface area contributed by atoms with Gasteiger partial charge in [0, 0.05) is 0 Å². The molecule has 0 atom stereocenters. The molecule has 0 aliphatic carbocycles. The topological polar surface area (TPSA) is 51.2 Å². The van der Waals surface area contributed by atoms with Crippen molar-refractivity contribution >= 4 is 17.5 Å². The van der Waals surface area contributed by atoms with Crippen molar-refractivity contribution < 1.29 is 13.9 Å². The second-order valence-corrected chi connectivity index (χ2v) is 4.77. The van der Waals surface area contributed by atoms with E-state index in [-0.39, 0.29) is 17.3 Å². The summed E-state index contributed by atoms with van der Waals surface area (Å²) in [6, 6.07) is 8.64. The molecule has 0 saturated carbocycles. The fraction of sp³-hybridized carbons (Fsp3) is 0.200. The average molecular weight is 309 g/mol. The molecule has 0 unspecified atom stereocenters. The summed E-state index contributed by atoms with van der Waals surface area (Å²) in [7, 11) is 0. The third kappa shape index (κ3) is 4.43. The van der Waals surface area contributed by atoms with E-state index < -0.39 is 11.7 Å². The highest BCUT2D eigenvalue weighted by atomic mass is 35.5. The van der Waals surface area contributed by atoms with Gasteiger partial charge in [-0.3, -0.25) is 4.79 Å². The van der Waals surface area contributed by atoms with Gasteiger partial charge in [-0.25, -0.2) is 9.37 Å². The quantitative estimate of drug-likeness (QED) is 0.682. The van der Waals surface area contributed by atoms with Gasteiger partial charge in [0.15, 0.2) is 0 Å². The summed E-state index contributed by atoms with van der Waals surface area (Å²) in [5.41, 5.74) is 1.10. The van der Waals surface area contributed by atoms with Crippen molar-refractivity contribution in [2.45, 2.75) is 6.92 Å². The first-order valence-electron chi connectivity index (χ1n) is 6.35. The number of hydrogen-bond acceptors (Lipinski definition) is 3. The third-order valence-corrected chi connectivity index (χ3v) is 3.00. The molecule has 2 rings (SSSR count). The lowest BCUT2D eigenvalue weighted by molar-refractivity contribution is 0.0946. The average Bonchev–Trinajstić information content (AvgIpc) is 2.46. The molecule has 1 N–H and O–H groups in total. The Balaban J connectivity index is 1.83. The predicted molar refractivity (Wildman–Crippen MR) is 78.2 cm³/mol. The number of rotatable bonds is 5. The van der Waals surface area contributed by atoms with E-state index in [1.54, 1.807) is 0 Å². The first-order chi connectivity index (χ1) is 10.1. The fourth-order valence-corrected chi connectivity index (χ4v) is 1.90. The van der Waals surface area contributed by atoms with E-state index in [1.165, 1.54) is 0 Å². The predicted octanol–water partition coefficient (Wildman–Crippen LogP) is 2.99. The Morgan fingerprint density at radius 1 is 1.43 bits per heavy atom. The van der Waals surface area contributed by atoms with Gasteiger partial charge in [-0.1, -0.05) is 23.7 Å². The Morgan fingerprint density at radius 2 is 2.24 bits per heavy atom. The Bertz CT molecular complexity index is 649. The van der Waals surface area contributed by atoms with E-state index in [1.807, 2.05) is 31.2 Å². The fourth-order valence-electron chi connectivity index (χ4n) is 1.72. The minimum absolute atomic E-state index is 0.00669. The van der Waals surface area contributed by atoms with Crippen LogP contribution in [0.1, 0.15) is 15.9 Å². The summed E-state index contributed by atoms with van der Waals surface area (Å²) in [4.78, 5) is 15.4. The lowest BCUT2D eigenvalue weighted by Crippen LogP contribution is -2.28. The van der Waals surface area contributed by atoms with E-state index in [9.17, 15) is 9.18 Å². The van der Waals surface area contributed by atoms with Crippen molar-refractivity contribution in [2.75, 3.05) is 13.2 Å². The number of halogens is 2. The molecular formula is C15H14ClFN2O2. The smallest absolute Gasteiger partial charge is 0.254 e. The van der Waals surface area contributed by atoms with E-state index in [0.29, 0.717) is 6.61 Å². The van der Waals surface area contributed by atoms with Crippen LogP contribution < -0.4 is 10.1 Å². The minimum atomic E-state index is -0.611. The summed E-state index contributed by atoms with van der Waals surface area (Å²) >= 11 is 5.75. The van der Waals surface area contributed by atoms with Crippen LogP contribution in [0.25, 0.3) is 0 Å². The second-order valence-electron chi connectivity index (χ2n) is 4.41. The van der Waals surface area contributed by atoms with Crippen molar-refractivity contribution in [3.63, 3.8) is 0 Å². The number of aryl methyl sites for hydroxylation is 1. The highest BCUT2D eigenvalue weighted by molar-refractivity contribution is 6.32. The van der Waals surface area contributed by atoms with Crippen molar-refractivity contribution in [3.8, 4) is 5.75 Å². The van der Waals surface area contributed by atoms with E-state index >= 15 is 0 Å². The molecule has 0 radical (unpaired) electrons. The number of amides is 1. The Kier molecular flexibility index (Phi) is 5.11. The van der Waals surface area contributed by atoms with Crippen molar-refractivity contribution in [2.24, 2.45) is 0 Å². The van der Waals surface area contributed by atoms with Gasteiger partial charge in [-0.2, -0.15) is 0 Å². The molecule has 1 aromatic carbocycles. The highest BCUT2D eigenvalue weighted by Gasteiger charge is 2.12. The Labute approximate surface area is 126 Å². The van der Waals surface area contributed by atoms with Crippen LogP contribution in [0.3, 0.4) is 0 Å². The molecule has 21 heavy (non-hydrogen) atoms. The lowest BCUT2D eigenvalue weighted by Gasteiger charge is -2.09. The number of nitrogens with one attached hydrogen (secondary N) is 1. The first-order valence-corrected chi connectivity index (χ1v) is 6.73. The molecule has 4 nitrogen and oxygen atoms in total. The number of carbonyl (C=O) groups is 1. The molecule has 0 fully saturated rings. The van der Waals surface area contributed by atoms with Crippen molar-refractivity contribution in [1.29, 1.82) is 0 Å². The summed E-state index contributed by atoms with van der Waals surface area (Å²) in [6.07, 6.45) is 0.958. The largest absolute Gasteiger partial charge is 0.492 e. The van der Waals surface area contributed by atoms with E-state index in [2.05, 4.69) is 10.3 Å². The molecule has 0 bridgehead atoms. The minimum Gasteiger partial charge on any atom is -0.492 e. The van der Waals surface area contributed by atoms with Crippen LogP contribution in [0.5, 0.6) is 5.75 Å². The highest BCUT2D eigenvalue weighted by Crippen LogP contribution is 2.14. The van der Waals surface area contributed by atoms with Crippen molar-refractivity contribution in [1.82, 2.24) is 10.3 Å². The zero-order valence-corrected chi connectivity index (χ0v) is 12.2. The van der Waals surface area contributed by atoms with Crippen LogP contribution in [0.15, 0.2) is 36.5 Å². The third-order valence-electron chi connectivity index (χ3n) is 2.70. The van der Waals surface area contributed by atoms with Gasteiger partial charge in [0.25, 0.3) is 5.91 Å². The zero-order valence-electron chi connectivity index (χ0n) is 11.4. The summed E-state index contributed by atoms with van der Waals surface area (Å²) in [5.74, 6) is -0.366. The normalized spacial score (nSPS) is 10.2. The first kappa shape index (κ1) is 15.3. The molecule has 0 aliphatic rings. The molecule has 0 aliphatic heterocycles. The maximum Gasteiger partial charge on any atom is 0.254 e. The van der Waals surface area contributed by atoms with E-state index in [0.717, 1.165) is 23.6 Å². The summed E-state index contributed by atoms with van der Waals surface area (Å²) < 4.78 is 18.5. The lowest BCUT2D eigenvalue weighted by atomic mass is 10.2. The molecule has 6 heteroatoms. The molecule has 1 aromatic heterocycles. The van der Waals surface area contributed by atoms with Crippen LogP contribution in [0, 0.1) is 12.7 Å². The maximum atomic E-state index is 13.0. The van der Waals surface area contributed by atoms with Crippen molar-refractivity contribution in [3.05, 3.63) is 58.6 Å². The number of nitrogens with zero attached hydrogens (tertiary/aromatic N) is 1. The number of aromatic nitrogens is 1. The second kappa shape index (κ2) is 7.04. The number of carbonyl (C=O) groups excluding carboxylic acids is 1. The molecule has 1 heterocycles. The number of pyridine rings is 1. The Hall–Kier alpha value is -2.14. The molecule has 2 aromatic rings. The SMILES string of the molecule is Cc1cccc(OCCNC(=O)c2cc(F)cnc2Cl)c1. The van der Waals surface area contributed by atoms with Gasteiger partial charge in [0.2, 0.25) is 0 Å². The number of ether oxygens (including phenoxy) is 1. The van der Waals surface area contributed by atoms with Crippen LogP contribution in [0.2, 0.25) is 5.15 Å². The molecular weight excluding hydrogens is 295 g/mol. The molecule has 1 amide bonds. The van der Waals surface area contributed by atoms with Crippen LogP contribution in [-0.2, 0) is 0 Å². The maximum absolute atomic E-state index is 13.0. The molecule has 0 spiro atoms. The van der Waals surface area contributed by atoms with Gasteiger partial charge in [-0.15, -0.1) is 0 Å². The van der Waals surface area contributed by atoms with Crippen LogP contribution >= 0.6 is 11.6 Å². The van der Waals surface area contributed by atoms with Gasteiger partial charge in [0.1, 0.15) is 23.3 Å². The molecule has 110 valence electrons. The standard InChI is InChI=1S/C15H14ClFN2O2/c1-10-3-2-4-12(7-10)21-6-5-18-15(20)13-8-11(17)9-19-14(13)16/h2-4,7-9H,5-6H2,1H3,(H,18,20). The zero-order chi connectivity index (χ0) is 15.2. The summed E-state index contributed by atoms with van der Waals surface area (Å²) in [5, 5.41) is 2.56. The van der Waals surface area contributed by atoms with Gasteiger partial charge in [0.05, 0.1) is 18.3 Å². The van der Waals surface area contributed by atoms with Crippen LogP contribution in [-0.4, -0.2) is 24.0 Å². The number of hydrogen-bond donors (Lipinski definition) is 1. The summed E-state index contributed by atoms with van der Waals surface area (Å²) in [6.45, 7) is 2.54. The van der Waals surface area contributed by atoms with Gasteiger partial charge in [-0.05, 0) is 30.7 Å². The van der Waals surface area contributed by atoms with Gasteiger partial charge >= 0.3 is 0 Å².